The number of carbonyl (C=O) groups is 3. The first-order valence-electron chi connectivity index (χ1n) is 8.82. The normalized spacial score (nSPS) is 25.2. The van der Waals surface area contributed by atoms with E-state index < -0.39 is 5.97 Å². The van der Waals surface area contributed by atoms with Gasteiger partial charge in [-0.15, -0.1) is 0 Å². The highest BCUT2D eigenvalue weighted by atomic mass is 16.4. The predicted octanol–water partition coefficient (Wildman–Crippen LogP) is 3.46. The molecule has 0 unspecified atom stereocenters. The number of imide groups is 1. The van der Waals surface area contributed by atoms with Gasteiger partial charge in [0.25, 0.3) is 0 Å². The van der Waals surface area contributed by atoms with E-state index >= 15 is 0 Å². The Morgan fingerprint density at radius 3 is 2.38 bits per heavy atom. The molecule has 1 saturated heterocycles. The fourth-order valence-corrected chi connectivity index (χ4v) is 4.24. The highest BCUT2D eigenvalue weighted by Crippen LogP contribution is 2.45. The Bertz CT molecular complexity index is 877. The van der Waals surface area contributed by atoms with E-state index in [2.05, 4.69) is 12.1 Å². The lowest BCUT2D eigenvalue weighted by Gasteiger charge is -2.28. The molecule has 1 heterocycles. The molecule has 1 N–H and O–H groups in total. The van der Waals surface area contributed by atoms with Gasteiger partial charge < -0.3 is 5.11 Å². The molecule has 1 saturated carbocycles. The van der Waals surface area contributed by atoms with E-state index in [9.17, 15) is 14.4 Å². The molecule has 0 radical (unpaired) electrons. The third-order valence-electron chi connectivity index (χ3n) is 5.55. The van der Waals surface area contributed by atoms with Crippen molar-refractivity contribution in [2.45, 2.75) is 25.2 Å². The van der Waals surface area contributed by atoms with Gasteiger partial charge in [-0.25, -0.2) is 4.79 Å². The summed E-state index contributed by atoms with van der Waals surface area (Å²) in [6.45, 7) is 0. The summed E-state index contributed by atoms with van der Waals surface area (Å²) in [7, 11) is 0. The Hall–Kier alpha value is -2.95. The van der Waals surface area contributed by atoms with Crippen molar-refractivity contribution < 1.29 is 19.5 Å². The first kappa shape index (κ1) is 16.5. The number of carbonyl (C=O) groups excluding carboxylic acids is 2. The summed E-state index contributed by atoms with van der Waals surface area (Å²) >= 11 is 0. The Balaban J connectivity index is 1.61. The zero-order valence-corrected chi connectivity index (χ0v) is 14.2. The summed E-state index contributed by atoms with van der Waals surface area (Å²) in [6.07, 6.45) is 2.23. The number of hydrogen-bond donors (Lipinski definition) is 1. The molecule has 2 aliphatic rings. The number of nitrogens with zero attached hydrogens (tertiary/aromatic N) is 1. The van der Waals surface area contributed by atoms with Crippen molar-refractivity contribution in [3.8, 4) is 0 Å². The van der Waals surface area contributed by atoms with Crippen molar-refractivity contribution in [1.82, 2.24) is 0 Å². The standard InChI is InChI=1S/C21H19NO4/c23-19-17-10-9-14(13-5-2-1-3-6-13)12-18(17)20(24)22(19)16-8-4-7-15(11-16)21(25)26/h1-8,11,14,17-18H,9-10,12H2,(H,25,26)/t14-,17-,18-/m1/s1. The van der Waals surface area contributed by atoms with Crippen LogP contribution in [0.25, 0.3) is 0 Å². The highest BCUT2D eigenvalue weighted by Gasteiger charge is 2.50. The van der Waals surface area contributed by atoms with Crippen LogP contribution in [0.2, 0.25) is 0 Å². The van der Waals surface area contributed by atoms with Crippen molar-refractivity contribution >= 4 is 23.5 Å². The van der Waals surface area contributed by atoms with Crippen LogP contribution in [-0.2, 0) is 9.59 Å². The first-order valence-corrected chi connectivity index (χ1v) is 8.82. The maximum atomic E-state index is 13.0. The minimum atomic E-state index is -1.08. The SMILES string of the molecule is O=C(O)c1cccc(N2C(=O)[C@@H]3CC[C@@H](c4ccccc4)C[C@H]3C2=O)c1. The van der Waals surface area contributed by atoms with E-state index in [0.29, 0.717) is 18.5 Å². The summed E-state index contributed by atoms with van der Waals surface area (Å²) in [5, 5.41) is 9.16. The number of fused-ring (bicyclic) bond motifs is 1. The molecule has 5 heteroatoms. The summed E-state index contributed by atoms with van der Waals surface area (Å²) in [4.78, 5) is 38.2. The van der Waals surface area contributed by atoms with Gasteiger partial charge in [-0.2, -0.15) is 0 Å². The van der Waals surface area contributed by atoms with Gasteiger partial charge in [-0.05, 0) is 48.9 Å². The van der Waals surface area contributed by atoms with Gasteiger partial charge in [0.05, 0.1) is 23.1 Å². The van der Waals surface area contributed by atoms with E-state index in [-0.39, 0.29) is 35.1 Å². The molecular weight excluding hydrogens is 330 g/mol. The van der Waals surface area contributed by atoms with Gasteiger partial charge in [-0.1, -0.05) is 36.4 Å². The molecule has 132 valence electrons. The topological polar surface area (TPSA) is 74.7 Å². The highest BCUT2D eigenvalue weighted by molar-refractivity contribution is 6.22. The van der Waals surface area contributed by atoms with Gasteiger partial charge in [-0.3, -0.25) is 14.5 Å². The van der Waals surface area contributed by atoms with E-state index in [1.165, 1.54) is 22.6 Å². The summed E-state index contributed by atoms with van der Waals surface area (Å²) in [5.74, 6) is -1.82. The number of anilines is 1. The number of carboxylic acids is 1. The van der Waals surface area contributed by atoms with Crippen LogP contribution in [-0.4, -0.2) is 22.9 Å². The number of amides is 2. The van der Waals surface area contributed by atoms with Crippen molar-refractivity contribution in [2.75, 3.05) is 4.90 Å². The second kappa shape index (κ2) is 6.41. The minimum Gasteiger partial charge on any atom is -0.478 e. The van der Waals surface area contributed by atoms with Gasteiger partial charge in [0.15, 0.2) is 0 Å². The van der Waals surface area contributed by atoms with Gasteiger partial charge in [0, 0.05) is 0 Å². The van der Waals surface area contributed by atoms with Crippen molar-refractivity contribution in [2.24, 2.45) is 11.8 Å². The largest absolute Gasteiger partial charge is 0.478 e. The maximum absolute atomic E-state index is 13.0. The second-order valence-corrected chi connectivity index (χ2v) is 7.00. The third-order valence-corrected chi connectivity index (χ3v) is 5.55. The van der Waals surface area contributed by atoms with Crippen LogP contribution in [0.15, 0.2) is 54.6 Å². The molecule has 5 nitrogen and oxygen atoms in total. The lowest BCUT2D eigenvalue weighted by molar-refractivity contribution is -0.122. The fourth-order valence-electron chi connectivity index (χ4n) is 4.24. The zero-order chi connectivity index (χ0) is 18.3. The minimum absolute atomic E-state index is 0.0696. The predicted molar refractivity (Wildman–Crippen MR) is 95.9 cm³/mol. The van der Waals surface area contributed by atoms with Gasteiger partial charge in [0.1, 0.15) is 0 Å². The zero-order valence-electron chi connectivity index (χ0n) is 14.2. The average molecular weight is 349 g/mol. The van der Waals surface area contributed by atoms with Crippen molar-refractivity contribution in [1.29, 1.82) is 0 Å². The number of carboxylic acid groups (broad SMARTS) is 1. The van der Waals surface area contributed by atoms with Crippen LogP contribution in [0, 0.1) is 11.8 Å². The maximum Gasteiger partial charge on any atom is 0.335 e. The van der Waals surface area contributed by atoms with E-state index in [1.807, 2.05) is 18.2 Å². The number of benzene rings is 2. The van der Waals surface area contributed by atoms with Crippen LogP contribution < -0.4 is 4.90 Å². The van der Waals surface area contributed by atoms with Crippen LogP contribution in [0.5, 0.6) is 0 Å². The molecule has 4 rings (SSSR count). The van der Waals surface area contributed by atoms with Crippen LogP contribution in [0.1, 0.15) is 41.1 Å². The lowest BCUT2D eigenvalue weighted by Crippen LogP contribution is -2.31. The molecule has 1 aliphatic carbocycles. The smallest absolute Gasteiger partial charge is 0.335 e. The van der Waals surface area contributed by atoms with Crippen molar-refractivity contribution in [3.63, 3.8) is 0 Å². The Labute approximate surface area is 151 Å². The Morgan fingerprint density at radius 1 is 0.923 bits per heavy atom. The van der Waals surface area contributed by atoms with Crippen LogP contribution in [0.3, 0.4) is 0 Å². The molecule has 2 aromatic rings. The van der Waals surface area contributed by atoms with Gasteiger partial charge >= 0.3 is 5.97 Å². The number of rotatable bonds is 3. The molecule has 26 heavy (non-hydrogen) atoms. The van der Waals surface area contributed by atoms with Crippen molar-refractivity contribution in [3.05, 3.63) is 65.7 Å². The molecule has 0 bridgehead atoms. The molecule has 2 aromatic carbocycles. The molecule has 2 fully saturated rings. The monoisotopic (exact) mass is 349 g/mol. The Kier molecular flexibility index (Phi) is 4.07. The summed E-state index contributed by atoms with van der Waals surface area (Å²) in [6, 6.07) is 16.1. The number of hydrogen-bond acceptors (Lipinski definition) is 3. The molecule has 1 aliphatic heterocycles. The summed E-state index contributed by atoms with van der Waals surface area (Å²) < 4.78 is 0. The average Bonchev–Trinajstić information content (AvgIpc) is 2.92. The molecule has 0 aromatic heterocycles. The quantitative estimate of drug-likeness (QED) is 0.861. The number of aromatic carboxylic acids is 1. The third kappa shape index (κ3) is 2.69. The summed E-state index contributed by atoms with van der Waals surface area (Å²) in [5.41, 5.74) is 1.63. The lowest BCUT2D eigenvalue weighted by atomic mass is 9.73. The van der Waals surface area contributed by atoms with E-state index in [1.54, 1.807) is 12.1 Å². The second-order valence-electron chi connectivity index (χ2n) is 7.00. The molecule has 3 atom stereocenters. The van der Waals surface area contributed by atoms with E-state index in [4.69, 9.17) is 5.11 Å². The fraction of sp³-hybridized carbons (Fsp3) is 0.286. The van der Waals surface area contributed by atoms with Gasteiger partial charge in [0.2, 0.25) is 11.8 Å². The van der Waals surface area contributed by atoms with Crippen LogP contribution >= 0.6 is 0 Å². The van der Waals surface area contributed by atoms with E-state index in [0.717, 1.165) is 6.42 Å². The molecule has 2 amide bonds. The van der Waals surface area contributed by atoms with Crippen LogP contribution in [0.4, 0.5) is 5.69 Å². The Morgan fingerprint density at radius 2 is 1.65 bits per heavy atom. The molecular formula is C21H19NO4. The first-order chi connectivity index (χ1) is 12.6. The molecule has 0 spiro atoms.